The molecule has 120 valence electrons. The third-order valence-electron chi connectivity index (χ3n) is 3.16. The quantitative estimate of drug-likeness (QED) is 0.824. The molecule has 0 aliphatic rings. The molecule has 2 aromatic rings. The highest BCUT2D eigenvalue weighted by Crippen LogP contribution is 2.21. The molecule has 0 unspecified atom stereocenters. The zero-order valence-corrected chi connectivity index (χ0v) is 12.8. The maximum Gasteiger partial charge on any atom is 0.306 e. The van der Waals surface area contributed by atoms with Gasteiger partial charge in [0.05, 0.1) is 0 Å². The lowest BCUT2D eigenvalue weighted by Gasteiger charge is -2.18. The van der Waals surface area contributed by atoms with Gasteiger partial charge >= 0.3 is 5.97 Å². The van der Waals surface area contributed by atoms with Gasteiger partial charge in [-0.15, -0.1) is 0 Å². The van der Waals surface area contributed by atoms with Crippen LogP contribution < -0.4 is 5.32 Å². The molecule has 0 spiro atoms. The summed E-state index contributed by atoms with van der Waals surface area (Å²) in [5.41, 5.74) is 1.01. The summed E-state index contributed by atoms with van der Waals surface area (Å²) in [6.45, 7) is 1.86. The molecule has 2 aromatic carbocycles. The van der Waals surface area contributed by atoms with E-state index < -0.39 is 23.8 Å². The molecule has 0 radical (unpaired) electrons. The molecule has 0 aromatic heterocycles. The average molecular weight is 315 g/mol. The lowest BCUT2D eigenvalue weighted by Crippen LogP contribution is -2.25. The van der Waals surface area contributed by atoms with E-state index >= 15 is 0 Å². The lowest BCUT2D eigenvalue weighted by molar-refractivity contribution is -0.154. The lowest BCUT2D eigenvalue weighted by atomic mass is 10.1. The second kappa shape index (κ2) is 8.08. The highest BCUT2D eigenvalue weighted by atomic mass is 19.1. The van der Waals surface area contributed by atoms with Crippen LogP contribution in [0.15, 0.2) is 54.6 Å². The van der Waals surface area contributed by atoms with Gasteiger partial charge in [-0.2, -0.15) is 0 Å². The second-order valence-electron chi connectivity index (χ2n) is 5.03. The second-order valence-corrected chi connectivity index (χ2v) is 5.03. The van der Waals surface area contributed by atoms with Gasteiger partial charge in [0.1, 0.15) is 5.82 Å². The van der Waals surface area contributed by atoms with Crippen molar-refractivity contribution in [2.45, 2.75) is 25.9 Å². The SMILES string of the molecule is CCCC(=O)O[C@@H](C(=O)Nc1ccc(F)cc1)c1ccccc1. The molecule has 1 N–H and O–H groups in total. The normalized spacial score (nSPS) is 11.6. The van der Waals surface area contributed by atoms with Crippen LogP contribution in [0.5, 0.6) is 0 Å². The number of hydrogen-bond acceptors (Lipinski definition) is 3. The van der Waals surface area contributed by atoms with E-state index in [1.165, 1.54) is 24.3 Å². The first-order valence-corrected chi connectivity index (χ1v) is 7.41. The Kier molecular flexibility index (Phi) is 5.86. The van der Waals surface area contributed by atoms with Crippen LogP contribution in [0.1, 0.15) is 31.4 Å². The Bertz CT molecular complexity index is 656. The van der Waals surface area contributed by atoms with Gasteiger partial charge < -0.3 is 10.1 Å². The van der Waals surface area contributed by atoms with Crippen molar-refractivity contribution in [3.8, 4) is 0 Å². The fourth-order valence-corrected chi connectivity index (χ4v) is 2.04. The Labute approximate surface area is 134 Å². The molecule has 0 heterocycles. The van der Waals surface area contributed by atoms with Crippen molar-refractivity contribution in [3.63, 3.8) is 0 Å². The van der Waals surface area contributed by atoms with Crippen LogP contribution in [-0.4, -0.2) is 11.9 Å². The number of nitrogens with one attached hydrogen (secondary N) is 1. The first kappa shape index (κ1) is 16.7. The van der Waals surface area contributed by atoms with E-state index in [2.05, 4.69) is 5.32 Å². The summed E-state index contributed by atoms with van der Waals surface area (Å²) >= 11 is 0. The molecule has 0 aliphatic carbocycles. The summed E-state index contributed by atoms with van der Waals surface area (Å²) < 4.78 is 18.2. The minimum atomic E-state index is -1.04. The van der Waals surface area contributed by atoms with Crippen LogP contribution in [0.2, 0.25) is 0 Å². The van der Waals surface area contributed by atoms with E-state index in [0.29, 0.717) is 17.7 Å². The summed E-state index contributed by atoms with van der Waals surface area (Å²) in [5, 5.41) is 2.63. The molecular weight excluding hydrogens is 297 g/mol. The van der Waals surface area contributed by atoms with E-state index in [4.69, 9.17) is 4.74 Å². The van der Waals surface area contributed by atoms with Crippen LogP contribution >= 0.6 is 0 Å². The van der Waals surface area contributed by atoms with Crippen molar-refractivity contribution >= 4 is 17.6 Å². The average Bonchev–Trinajstić information content (AvgIpc) is 2.56. The van der Waals surface area contributed by atoms with Crippen molar-refractivity contribution in [2.24, 2.45) is 0 Å². The summed E-state index contributed by atoms with van der Waals surface area (Å²) in [7, 11) is 0. The standard InChI is InChI=1S/C18H18FNO3/c1-2-6-16(21)23-17(13-7-4-3-5-8-13)18(22)20-15-11-9-14(19)10-12-15/h3-5,7-12,17H,2,6H2,1H3,(H,20,22)/t17-/m1/s1. The first-order chi connectivity index (χ1) is 11.1. The Morgan fingerprint density at radius 3 is 2.35 bits per heavy atom. The number of hydrogen-bond donors (Lipinski definition) is 1. The molecular formula is C18H18FNO3. The van der Waals surface area contributed by atoms with E-state index in [0.717, 1.165) is 0 Å². The first-order valence-electron chi connectivity index (χ1n) is 7.41. The Morgan fingerprint density at radius 1 is 1.09 bits per heavy atom. The maximum atomic E-state index is 12.9. The van der Waals surface area contributed by atoms with Crippen molar-refractivity contribution in [1.82, 2.24) is 0 Å². The molecule has 1 atom stereocenters. The van der Waals surface area contributed by atoms with Gasteiger partial charge in [-0.3, -0.25) is 9.59 Å². The molecule has 23 heavy (non-hydrogen) atoms. The highest BCUT2D eigenvalue weighted by Gasteiger charge is 2.24. The highest BCUT2D eigenvalue weighted by molar-refractivity contribution is 5.96. The number of carbonyl (C=O) groups is 2. The Hall–Kier alpha value is -2.69. The van der Waals surface area contributed by atoms with Crippen molar-refractivity contribution in [3.05, 3.63) is 66.0 Å². The summed E-state index contributed by atoms with van der Waals surface area (Å²) in [6.07, 6.45) is -0.159. The summed E-state index contributed by atoms with van der Waals surface area (Å²) in [4.78, 5) is 24.2. The summed E-state index contributed by atoms with van der Waals surface area (Å²) in [6, 6.07) is 14.2. The Balaban J connectivity index is 2.16. The number of anilines is 1. The van der Waals surface area contributed by atoms with Crippen LogP contribution in [-0.2, 0) is 14.3 Å². The smallest absolute Gasteiger partial charge is 0.306 e. The van der Waals surface area contributed by atoms with Gasteiger partial charge in [0, 0.05) is 17.7 Å². The van der Waals surface area contributed by atoms with E-state index in [1.54, 1.807) is 24.3 Å². The number of carbonyl (C=O) groups excluding carboxylic acids is 2. The summed E-state index contributed by atoms with van der Waals surface area (Å²) in [5.74, 6) is -1.31. The van der Waals surface area contributed by atoms with Crippen LogP contribution in [0.4, 0.5) is 10.1 Å². The van der Waals surface area contributed by atoms with Gasteiger partial charge in [0.25, 0.3) is 5.91 Å². The number of ether oxygens (including phenoxy) is 1. The molecule has 0 fully saturated rings. The molecule has 0 saturated heterocycles. The topological polar surface area (TPSA) is 55.4 Å². The fourth-order valence-electron chi connectivity index (χ4n) is 2.04. The molecule has 4 nitrogen and oxygen atoms in total. The van der Waals surface area contributed by atoms with Gasteiger partial charge in [-0.05, 0) is 30.7 Å². The predicted octanol–water partition coefficient (Wildman–Crippen LogP) is 3.85. The molecule has 5 heteroatoms. The minimum absolute atomic E-state index is 0.243. The predicted molar refractivity (Wildman–Crippen MR) is 85.2 cm³/mol. The van der Waals surface area contributed by atoms with Gasteiger partial charge in [0.15, 0.2) is 0 Å². The van der Waals surface area contributed by atoms with E-state index in [1.807, 2.05) is 13.0 Å². The molecule has 1 amide bonds. The molecule has 0 aliphatic heterocycles. The monoisotopic (exact) mass is 315 g/mol. The third-order valence-corrected chi connectivity index (χ3v) is 3.16. The number of amides is 1. The zero-order chi connectivity index (χ0) is 16.7. The van der Waals surface area contributed by atoms with E-state index in [9.17, 15) is 14.0 Å². The number of benzene rings is 2. The fraction of sp³-hybridized carbons (Fsp3) is 0.222. The minimum Gasteiger partial charge on any atom is -0.447 e. The van der Waals surface area contributed by atoms with Crippen LogP contribution in [0, 0.1) is 5.82 Å². The van der Waals surface area contributed by atoms with E-state index in [-0.39, 0.29) is 6.42 Å². The maximum absolute atomic E-state index is 12.9. The third kappa shape index (κ3) is 4.92. The van der Waals surface area contributed by atoms with Crippen molar-refractivity contribution in [2.75, 3.05) is 5.32 Å². The van der Waals surface area contributed by atoms with Gasteiger partial charge in [-0.1, -0.05) is 37.3 Å². The van der Waals surface area contributed by atoms with Crippen molar-refractivity contribution in [1.29, 1.82) is 0 Å². The molecule has 0 saturated carbocycles. The van der Waals surface area contributed by atoms with Crippen LogP contribution in [0.3, 0.4) is 0 Å². The number of halogens is 1. The van der Waals surface area contributed by atoms with Crippen molar-refractivity contribution < 1.29 is 18.7 Å². The van der Waals surface area contributed by atoms with Gasteiger partial charge in [-0.25, -0.2) is 4.39 Å². The Morgan fingerprint density at radius 2 is 1.74 bits per heavy atom. The number of rotatable bonds is 6. The van der Waals surface area contributed by atoms with Gasteiger partial charge in [0.2, 0.25) is 6.10 Å². The van der Waals surface area contributed by atoms with Crippen LogP contribution in [0.25, 0.3) is 0 Å². The molecule has 2 rings (SSSR count). The largest absolute Gasteiger partial charge is 0.447 e. The zero-order valence-electron chi connectivity index (χ0n) is 12.8. The molecule has 0 bridgehead atoms. The number of esters is 1.